The highest BCUT2D eigenvalue weighted by Gasteiger charge is 2.40. The molecule has 0 unspecified atom stereocenters. The first kappa shape index (κ1) is 24.2. The van der Waals surface area contributed by atoms with Gasteiger partial charge in [0, 0.05) is 28.2 Å². The van der Waals surface area contributed by atoms with E-state index in [1.165, 1.54) is 4.90 Å². The summed E-state index contributed by atoms with van der Waals surface area (Å²) in [4.78, 5) is 26.7. The number of aliphatic carboxylic acids is 1. The van der Waals surface area contributed by atoms with Crippen LogP contribution in [0.25, 0.3) is 10.8 Å². The van der Waals surface area contributed by atoms with E-state index in [2.05, 4.69) is 0 Å². The summed E-state index contributed by atoms with van der Waals surface area (Å²) in [6, 6.07) is 18.5. The Morgan fingerprint density at radius 3 is 2.47 bits per heavy atom. The number of halogens is 1. The summed E-state index contributed by atoms with van der Waals surface area (Å²) < 4.78 is 6.27. The van der Waals surface area contributed by atoms with Crippen molar-refractivity contribution in [2.75, 3.05) is 24.7 Å². The van der Waals surface area contributed by atoms with Crippen molar-refractivity contribution in [2.24, 2.45) is 5.41 Å². The van der Waals surface area contributed by atoms with Gasteiger partial charge in [0.2, 0.25) is 0 Å². The molecule has 7 nitrogen and oxygen atoms in total. The van der Waals surface area contributed by atoms with Crippen LogP contribution in [0, 0.1) is 5.41 Å². The summed E-state index contributed by atoms with van der Waals surface area (Å²) in [6.07, 6.45) is -2.59. The minimum atomic E-state index is -1.28. The molecule has 178 valence electrons. The lowest BCUT2D eigenvalue weighted by molar-refractivity contribution is -0.147. The van der Waals surface area contributed by atoms with Crippen LogP contribution in [0.2, 0.25) is 5.02 Å². The van der Waals surface area contributed by atoms with E-state index < -0.39 is 35.9 Å². The molecule has 0 saturated heterocycles. The van der Waals surface area contributed by atoms with Gasteiger partial charge in [-0.2, -0.15) is 0 Å². The maximum atomic E-state index is 13.6. The Labute approximate surface area is 202 Å². The van der Waals surface area contributed by atoms with Gasteiger partial charge in [-0.25, -0.2) is 0 Å². The Morgan fingerprint density at radius 2 is 1.76 bits per heavy atom. The number of amides is 1. The zero-order valence-corrected chi connectivity index (χ0v) is 19.4. The summed E-state index contributed by atoms with van der Waals surface area (Å²) in [5.74, 6) is -1.73. The van der Waals surface area contributed by atoms with Crippen molar-refractivity contribution in [3.05, 3.63) is 76.8 Å². The molecule has 1 heterocycles. The number of ether oxygens (including phenoxy) is 1. The number of anilines is 1. The van der Waals surface area contributed by atoms with Gasteiger partial charge in [-0.3, -0.25) is 9.59 Å². The molecule has 0 fully saturated rings. The Kier molecular flexibility index (Phi) is 6.91. The molecule has 3 aromatic rings. The molecule has 0 aromatic heterocycles. The molecule has 0 spiro atoms. The first-order valence-electron chi connectivity index (χ1n) is 10.9. The summed E-state index contributed by atoms with van der Waals surface area (Å²) in [5, 5.41) is 31.6. The molecule has 4 rings (SSSR count). The van der Waals surface area contributed by atoms with Crippen molar-refractivity contribution >= 4 is 39.9 Å². The molecule has 3 N–H and O–H groups in total. The topological polar surface area (TPSA) is 107 Å². The van der Waals surface area contributed by atoms with Gasteiger partial charge < -0.3 is 25.0 Å². The van der Waals surface area contributed by atoms with Crippen molar-refractivity contribution in [3.8, 4) is 0 Å². The zero-order chi connectivity index (χ0) is 24.5. The van der Waals surface area contributed by atoms with Crippen LogP contribution in [0.5, 0.6) is 0 Å². The molecule has 1 aliphatic heterocycles. The van der Waals surface area contributed by atoms with Crippen molar-refractivity contribution in [2.45, 2.75) is 25.6 Å². The fraction of sp³-hybridized carbons (Fsp3) is 0.308. The number of hydrogen-bond acceptors (Lipinski definition) is 5. The molecule has 0 aliphatic carbocycles. The monoisotopic (exact) mass is 483 g/mol. The van der Waals surface area contributed by atoms with E-state index in [4.69, 9.17) is 16.3 Å². The predicted octanol–water partition coefficient (Wildman–Crippen LogP) is 3.78. The molecular weight excluding hydrogens is 458 g/mol. The lowest BCUT2D eigenvalue weighted by Crippen LogP contribution is -2.47. The molecule has 34 heavy (non-hydrogen) atoms. The van der Waals surface area contributed by atoms with Gasteiger partial charge >= 0.3 is 5.97 Å². The number of benzene rings is 3. The second kappa shape index (κ2) is 9.72. The van der Waals surface area contributed by atoms with Crippen LogP contribution in [-0.2, 0) is 14.3 Å². The first-order chi connectivity index (χ1) is 16.3. The van der Waals surface area contributed by atoms with Crippen molar-refractivity contribution in [1.82, 2.24) is 0 Å². The van der Waals surface area contributed by atoms with E-state index in [1.54, 1.807) is 25.1 Å². The van der Waals surface area contributed by atoms with Crippen LogP contribution in [-0.4, -0.2) is 53.1 Å². The van der Waals surface area contributed by atoms with Crippen LogP contribution in [0.3, 0.4) is 0 Å². The molecular formula is C26H26ClNO6. The standard InChI is InChI=1S/C26H26ClNO6/c1-26(14-29,15-30)13-28-21-10-9-17(27)11-20(21)24(34-22(25(28)33)12-23(31)32)19-8-4-6-16-5-2-3-7-18(16)19/h2-11,22,24,29-30H,12-15H2,1H3,(H,31,32)/t22-,24-/m1/s1. The SMILES string of the molecule is CC(CO)(CO)CN1C(=O)[C@@H](CC(=O)O)O[C@H](c2cccc3ccccc23)c2cc(Cl)ccc21. The number of hydrogen-bond donors (Lipinski definition) is 3. The molecule has 0 radical (unpaired) electrons. The summed E-state index contributed by atoms with van der Waals surface area (Å²) in [7, 11) is 0. The summed E-state index contributed by atoms with van der Waals surface area (Å²) in [6.45, 7) is 0.881. The number of aliphatic hydroxyl groups excluding tert-OH is 2. The number of carboxylic acid groups (broad SMARTS) is 1. The van der Waals surface area contributed by atoms with Crippen molar-refractivity contribution in [3.63, 3.8) is 0 Å². The van der Waals surface area contributed by atoms with Gasteiger partial charge in [-0.05, 0) is 34.5 Å². The third kappa shape index (κ3) is 4.65. The van der Waals surface area contributed by atoms with Crippen LogP contribution in [0.15, 0.2) is 60.7 Å². The highest BCUT2D eigenvalue weighted by Crippen LogP contribution is 2.42. The third-order valence-corrected chi connectivity index (χ3v) is 6.41. The quantitative estimate of drug-likeness (QED) is 0.472. The van der Waals surface area contributed by atoms with E-state index in [9.17, 15) is 24.9 Å². The van der Waals surface area contributed by atoms with E-state index in [0.29, 0.717) is 16.3 Å². The van der Waals surface area contributed by atoms with E-state index in [0.717, 1.165) is 16.3 Å². The van der Waals surface area contributed by atoms with Gasteiger partial charge in [0.05, 0.1) is 19.6 Å². The number of carboxylic acids is 1. The lowest BCUT2D eigenvalue weighted by Gasteiger charge is -2.33. The van der Waals surface area contributed by atoms with Gasteiger partial charge in [-0.15, -0.1) is 0 Å². The highest BCUT2D eigenvalue weighted by molar-refractivity contribution is 6.30. The number of fused-ring (bicyclic) bond motifs is 2. The Bertz CT molecular complexity index is 1220. The molecule has 8 heteroatoms. The van der Waals surface area contributed by atoms with Gasteiger partial charge in [0.1, 0.15) is 12.2 Å². The number of aliphatic hydroxyl groups is 2. The van der Waals surface area contributed by atoms with E-state index in [1.807, 2.05) is 42.5 Å². The summed E-state index contributed by atoms with van der Waals surface area (Å²) in [5.41, 5.74) is 0.856. The number of carbonyl (C=O) groups excluding carboxylic acids is 1. The Morgan fingerprint density at radius 1 is 1.06 bits per heavy atom. The van der Waals surface area contributed by atoms with Gasteiger partial charge in [0.25, 0.3) is 5.91 Å². The van der Waals surface area contributed by atoms with Crippen LogP contribution < -0.4 is 4.90 Å². The number of rotatable bonds is 7. The smallest absolute Gasteiger partial charge is 0.306 e. The van der Waals surface area contributed by atoms with Crippen molar-refractivity contribution in [1.29, 1.82) is 0 Å². The predicted molar refractivity (Wildman–Crippen MR) is 129 cm³/mol. The molecule has 1 aliphatic rings. The zero-order valence-electron chi connectivity index (χ0n) is 18.6. The first-order valence-corrected chi connectivity index (χ1v) is 11.3. The highest BCUT2D eigenvalue weighted by atomic mass is 35.5. The maximum Gasteiger partial charge on any atom is 0.306 e. The van der Waals surface area contributed by atoms with Gasteiger partial charge in [-0.1, -0.05) is 61.0 Å². The summed E-state index contributed by atoms with van der Waals surface area (Å²) >= 11 is 6.36. The maximum absolute atomic E-state index is 13.6. The molecule has 1 amide bonds. The fourth-order valence-electron chi connectivity index (χ4n) is 4.28. The number of nitrogens with zero attached hydrogens (tertiary/aromatic N) is 1. The Balaban J connectivity index is 1.94. The van der Waals surface area contributed by atoms with Crippen molar-refractivity contribution < 1.29 is 29.6 Å². The van der Waals surface area contributed by atoms with Crippen LogP contribution in [0.4, 0.5) is 5.69 Å². The van der Waals surface area contributed by atoms with E-state index >= 15 is 0 Å². The molecule has 0 bridgehead atoms. The molecule has 3 aromatic carbocycles. The number of carbonyl (C=O) groups is 2. The Hall–Kier alpha value is -2.97. The second-order valence-electron chi connectivity index (χ2n) is 8.93. The average molecular weight is 484 g/mol. The lowest BCUT2D eigenvalue weighted by atomic mass is 9.90. The minimum absolute atomic E-state index is 0.0325. The van der Waals surface area contributed by atoms with Crippen LogP contribution >= 0.6 is 11.6 Å². The normalized spacial score (nSPS) is 18.6. The molecule has 2 atom stereocenters. The fourth-order valence-corrected chi connectivity index (χ4v) is 4.46. The second-order valence-corrected chi connectivity index (χ2v) is 9.36. The average Bonchev–Trinajstić information content (AvgIpc) is 2.93. The minimum Gasteiger partial charge on any atom is -0.481 e. The van der Waals surface area contributed by atoms with E-state index in [-0.39, 0.29) is 19.8 Å². The largest absolute Gasteiger partial charge is 0.481 e. The van der Waals surface area contributed by atoms with Crippen LogP contribution in [0.1, 0.15) is 30.6 Å². The molecule has 0 saturated carbocycles. The third-order valence-electron chi connectivity index (χ3n) is 6.17. The van der Waals surface area contributed by atoms with Gasteiger partial charge in [0.15, 0.2) is 0 Å².